The van der Waals surface area contributed by atoms with Gasteiger partial charge in [-0.2, -0.15) is 0 Å². The van der Waals surface area contributed by atoms with Gasteiger partial charge in [-0.25, -0.2) is 12.8 Å². The number of anilines is 1. The van der Waals surface area contributed by atoms with Crippen molar-refractivity contribution in [3.05, 3.63) is 58.9 Å². The van der Waals surface area contributed by atoms with Crippen molar-refractivity contribution in [2.45, 2.75) is 4.90 Å². The first-order valence-electron chi connectivity index (χ1n) is 5.67. The van der Waals surface area contributed by atoms with Gasteiger partial charge in [0, 0.05) is 16.3 Å². The van der Waals surface area contributed by atoms with E-state index in [9.17, 15) is 17.6 Å². The van der Waals surface area contributed by atoms with E-state index in [1.54, 1.807) is 0 Å². The molecule has 21 heavy (non-hydrogen) atoms. The van der Waals surface area contributed by atoms with Crippen LogP contribution in [0.3, 0.4) is 0 Å². The number of rotatable bonds is 4. The molecule has 2 rings (SSSR count). The SMILES string of the molecule is NC(=O)c1ccc(NS(=O)(=O)c2ccc(Cl)cc2F)cc1. The molecular formula is C13H10ClFN2O3S. The summed E-state index contributed by atoms with van der Waals surface area (Å²) in [5.41, 5.74) is 5.48. The zero-order valence-electron chi connectivity index (χ0n) is 10.5. The number of primary amides is 1. The molecule has 0 spiro atoms. The van der Waals surface area contributed by atoms with Crippen molar-refractivity contribution >= 4 is 33.2 Å². The zero-order chi connectivity index (χ0) is 15.6. The summed E-state index contributed by atoms with van der Waals surface area (Å²) < 4.78 is 40.0. The topological polar surface area (TPSA) is 89.3 Å². The Hall–Kier alpha value is -2.12. The molecule has 0 saturated carbocycles. The van der Waals surface area contributed by atoms with Crippen molar-refractivity contribution in [1.29, 1.82) is 0 Å². The molecule has 0 aliphatic heterocycles. The number of carbonyl (C=O) groups is 1. The number of carbonyl (C=O) groups excluding carboxylic acids is 1. The van der Waals surface area contributed by atoms with Crippen LogP contribution in [0.1, 0.15) is 10.4 Å². The molecule has 0 saturated heterocycles. The second kappa shape index (κ2) is 5.71. The highest BCUT2D eigenvalue weighted by Crippen LogP contribution is 2.22. The molecule has 0 aromatic heterocycles. The second-order valence-corrected chi connectivity index (χ2v) is 6.21. The van der Waals surface area contributed by atoms with Crippen LogP contribution in [0.2, 0.25) is 5.02 Å². The van der Waals surface area contributed by atoms with Crippen LogP contribution in [0.25, 0.3) is 0 Å². The number of nitrogens with two attached hydrogens (primary N) is 1. The lowest BCUT2D eigenvalue weighted by Crippen LogP contribution is -2.15. The number of sulfonamides is 1. The number of hydrogen-bond acceptors (Lipinski definition) is 3. The Balaban J connectivity index is 2.30. The standard InChI is InChI=1S/C13H10ClFN2O3S/c14-9-3-6-12(11(15)7-9)21(19,20)17-10-4-1-8(2-5-10)13(16)18/h1-7,17H,(H2,16,18). The van der Waals surface area contributed by atoms with Gasteiger partial charge < -0.3 is 5.73 Å². The molecule has 1 amide bonds. The predicted octanol–water partition coefficient (Wildman–Crippen LogP) is 2.38. The molecule has 0 fully saturated rings. The lowest BCUT2D eigenvalue weighted by Gasteiger charge is -2.09. The van der Waals surface area contributed by atoms with Gasteiger partial charge >= 0.3 is 0 Å². The van der Waals surface area contributed by atoms with Crippen molar-refractivity contribution in [3.8, 4) is 0 Å². The molecule has 8 heteroatoms. The van der Waals surface area contributed by atoms with Crippen molar-refractivity contribution in [1.82, 2.24) is 0 Å². The highest BCUT2D eigenvalue weighted by Gasteiger charge is 2.19. The fourth-order valence-corrected chi connectivity index (χ4v) is 2.88. The molecule has 5 nitrogen and oxygen atoms in total. The number of benzene rings is 2. The van der Waals surface area contributed by atoms with Gasteiger partial charge in [0.2, 0.25) is 5.91 Å². The van der Waals surface area contributed by atoms with Gasteiger partial charge in [0.1, 0.15) is 10.7 Å². The molecule has 0 unspecified atom stereocenters. The van der Waals surface area contributed by atoms with E-state index in [1.165, 1.54) is 30.3 Å². The third-order valence-corrected chi connectivity index (χ3v) is 4.25. The molecule has 2 aromatic carbocycles. The largest absolute Gasteiger partial charge is 0.366 e. The Morgan fingerprint density at radius 3 is 2.29 bits per heavy atom. The molecule has 2 aromatic rings. The summed E-state index contributed by atoms with van der Waals surface area (Å²) in [6.07, 6.45) is 0. The Morgan fingerprint density at radius 2 is 1.76 bits per heavy atom. The summed E-state index contributed by atoms with van der Waals surface area (Å²) in [6.45, 7) is 0. The highest BCUT2D eigenvalue weighted by molar-refractivity contribution is 7.92. The summed E-state index contributed by atoms with van der Waals surface area (Å²) in [5, 5.41) is 0.0947. The normalized spacial score (nSPS) is 11.1. The maximum Gasteiger partial charge on any atom is 0.264 e. The Morgan fingerprint density at radius 1 is 1.14 bits per heavy atom. The predicted molar refractivity (Wildman–Crippen MR) is 77.2 cm³/mol. The van der Waals surface area contributed by atoms with E-state index in [0.29, 0.717) is 0 Å². The van der Waals surface area contributed by atoms with Crippen molar-refractivity contribution < 1.29 is 17.6 Å². The summed E-state index contributed by atoms with van der Waals surface area (Å²) in [6, 6.07) is 8.67. The monoisotopic (exact) mass is 328 g/mol. The van der Waals surface area contributed by atoms with E-state index in [-0.39, 0.29) is 16.3 Å². The minimum atomic E-state index is -4.09. The first kappa shape index (κ1) is 15.3. The van der Waals surface area contributed by atoms with Gasteiger partial charge in [0.15, 0.2) is 0 Å². The fraction of sp³-hybridized carbons (Fsp3) is 0. The van der Waals surface area contributed by atoms with Gasteiger partial charge in [0.05, 0.1) is 0 Å². The van der Waals surface area contributed by atoms with E-state index in [2.05, 4.69) is 4.72 Å². The third-order valence-electron chi connectivity index (χ3n) is 2.61. The van der Waals surface area contributed by atoms with Gasteiger partial charge in [-0.15, -0.1) is 0 Å². The molecule has 0 aliphatic rings. The number of hydrogen-bond donors (Lipinski definition) is 2. The Bertz CT molecular complexity index is 792. The molecule has 0 atom stereocenters. The summed E-state index contributed by atoms with van der Waals surface area (Å²) in [5.74, 6) is -1.59. The minimum Gasteiger partial charge on any atom is -0.366 e. The zero-order valence-corrected chi connectivity index (χ0v) is 12.1. The molecule has 0 bridgehead atoms. The second-order valence-electron chi connectivity index (χ2n) is 4.12. The minimum absolute atomic E-state index is 0.0947. The third kappa shape index (κ3) is 3.50. The van der Waals surface area contributed by atoms with Crippen LogP contribution in [-0.4, -0.2) is 14.3 Å². The average molecular weight is 329 g/mol. The molecule has 0 aliphatic carbocycles. The van der Waals surface area contributed by atoms with Gasteiger partial charge in [0.25, 0.3) is 10.0 Å². The maximum absolute atomic E-state index is 13.7. The maximum atomic E-state index is 13.7. The lowest BCUT2D eigenvalue weighted by molar-refractivity contribution is 0.100. The van der Waals surface area contributed by atoms with E-state index in [1.807, 2.05) is 0 Å². The number of nitrogens with one attached hydrogen (secondary N) is 1. The van der Waals surface area contributed by atoms with Crippen LogP contribution >= 0.6 is 11.6 Å². The smallest absolute Gasteiger partial charge is 0.264 e. The fourth-order valence-electron chi connectivity index (χ4n) is 1.61. The van der Waals surface area contributed by atoms with Crippen LogP contribution in [0.5, 0.6) is 0 Å². The summed E-state index contributed by atoms with van der Waals surface area (Å²) in [4.78, 5) is 10.4. The van der Waals surface area contributed by atoms with Crippen LogP contribution in [0.15, 0.2) is 47.4 Å². The van der Waals surface area contributed by atoms with E-state index < -0.39 is 26.6 Å². The summed E-state index contributed by atoms with van der Waals surface area (Å²) in [7, 11) is -4.09. The first-order chi connectivity index (χ1) is 9.79. The van der Waals surface area contributed by atoms with Crippen LogP contribution in [-0.2, 0) is 10.0 Å². The quantitative estimate of drug-likeness (QED) is 0.903. The van der Waals surface area contributed by atoms with Gasteiger partial charge in [-0.05, 0) is 42.5 Å². The van der Waals surface area contributed by atoms with E-state index in [4.69, 9.17) is 17.3 Å². The number of halogens is 2. The van der Waals surface area contributed by atoms with Crippen molar-refractivity contribution in [2.75, 3.05) is 4.72 Å². The van der Waals surface area contributed by atoms with Gasteiger partial charge in [-0.3, -0.25) is 9.52 Å². The van der Waals surface area contributed by atoms with Crippen LogP contribution in [0.4, 0.5) is 10.1 Å². The van der Waals surface area contributed by atoms with Crippen LogP contribution < -0.4 is 10.5 Å². The first-order valence-corrected chi connectivity index (χ1v) is 7.53. The highest BCUT2D eigenvalue weighted by atomic mass is 35.5. The Kier molecular flexibility index (Phi) is 4.15. The van der Waals surface area contributed by atoms with Crippen molar-refractivity contribution in [2.24, 2.45) is 5.73 Å². The number of amides is 1. The molecule has 0 radical (unpaired) electrons. The average Bonchev–Trinajstić information content (AvgIpc) is 2.38. The van der Waals surface area contributed by atoms with E-state index >= 15 is 0 Å². The summed E-state index contributed by atoms with van der Waals surface area (Å²) >= 11 is 5.58. The van der Waals surface area contributed by atoms with E-state index in [0.717, 1.165) is 12.1 Å². The molecule has 0 heterocycles. The lowest BCUT2D eigenvalue weighted by atomic mass is 10.2. The molecular weight excluding hydrogens is 319 g/mol. The van der Waals surface area contributed by atoms with Crippen LogP contribution in [0, 0.1) is 5.82 Å². The van der Waals surface area contributed by atoms with Crippen molar-refractivity contribution in [3.63, 3.8) is 0 Å². The molecule has 3 N–H and O–H groups in total. The molecule has 110 valence electrons. The Labute approximate surface area is 125 Å². The van der Waals surface area contributed by atoms with Gasteiger partial charge in [-0.1, -0.05) is 11.6 Å².